The summed E-state index contributed by atoms with van der Waals surface area (Å²) in [5.41, 5.74) is 5.07. The van der Waals surface area contributed by atoms with E-state index in [4.69, 9.17) is 5.73 Å². The molecule has 0 saturated carbocycles. The zero-order valence-electron chi connectivity index (χ0n) is 10.6. The van der Waals surface area contributed by atoms with Crippen molar-refractivity contribution in [2.24, 2.45) is 5.41 Å². The second-order valence-electron chi connectivity index (χ2n) is 5.32. The maximum Gasteiger partial charge on any atom is 0.304 e. The van der Waals surface area contributed by atoms with Crippen molar-refractivity contribution < 1.29 is 13.3 Å². The van der Waals surface area contributed by atoms with Crippen LogP contribution in [0.1, 0.15) is 20.3 Å². The molecule has 2 N–H and O–H groups in total. The van der Waals surface area contributed by atoms with Crippen LogP contribution in [0.5, 0.6) is 0 Å². The third kappa shape index (κ3) is 2.58. The van der Waals surface area contributed by atoms with Gasteiger partial charge in [-0.2, -0.15) is 4.31 Å². The molecule has 1 aliphatic rings. The van der Waals surface area contributed by atoms with Crippen molar-refractivity contribution in [1.29, 1.82) is 0 Å². The Morgan fingerprint density at radius 2 is 2.16 bits per heavy atom. The van der Waals surface area contributed by atoms with Gasteiger partial charge in [-0.3, -0.25) is 10.1 Å². The van der Waals surface area contributed by atoms with Crippen LogP contribution in [0.15, 0.2) is 10.3 Å². The van der Waals surface area contributed by atoms with E-state index in [-0.39, 0.29) is 20.3 Å². The molecule has 1 saturated heterocycles. The monoisotopic (exact) mass is 305 g/mol. The molecule has 2 heterocycles. The summed E-state index contributed by atoms with van der Waals surface area (Å²) in [6, 6.07) is 1.04. The molecule has 0 aromatic carbocycles. The second-order valence-corrected chi connectivity index (χ2v) is 8.57. The smallest absolute Gasteiger partial charge is 0.304 e. The molecule has 1 fully saturated rings. The lowest BCUT2D eigenvalue weighted by Gasteiger charge is -2.18. The second kappa shape index (κ2) is 4.43. The molecule has 9 heteroatoms. The van der Waals surface area contributed by atoms with Crippen LogP contribution in [0, 0.1) is 15.5 Å². The van der Waals surface area contributed by atoms with E-state index in [9.17, 15) is 18.5 Å². The number of hydrogen-bond acceptors (Lipinski definition) is 6. The van der Waals surface area contributed by atoms with Crippen molar-refractivity contribution in [3.05, 3.63) is 16.2 Å². The SMILES string of the molecule is CC1(C)CCN(S(=O)(=O)c2cc([N+](=O)[O-])c(N)s2)C1. The summed E-state index contributed by atoms with van der Waals surface area (Å²) < 4.78 is 26.0. The van der Waals surface area contributed by atoms with E-state index in [1.807, 2.05) is 13.8 Å². The van der Waals surface area contributed by atoms with Gasteiger partial charge in [0, 0.05) is 19.2 Å². The van der Waals surface area contributed by atoms with E-state index in [0.717, 1.165) is 23.8 Å². The van der Waals surface area contributed by atoms with Gasteiger partial charge in [0.1, 0.15) is 4.21 Å². The highest BCUT2D eigenvalue weighted by Crippen LogP contribution is 2.39. The third-order valence-electron chi connectivity index (χ3n) is 3.15. The Morgan fingerprint density at radius 1 is 1.53 bits per heavy atom. The van der Waals surface area contributed by atoms with Gasteiger partial charge in [0.2, 0.25) is 0 Å². The third-order valence-corrected chi connectivity index (χ3v) is 6.40. The summed E-state index contributed by atoms with van der Waals surface area (Å²) in [6.45, 7) is 4.84. The minimum absolute atomic E-state index is 0.0607. The largest absolute Gasteiger partial charge is 0.385 e. The lowest BCUT2D eigenvalue weighted by Crippen LogP contribution is -2.29. The van der Waals surface area contributed by atoms with Crippen molar-refractivity contribution in [2.75, 3.05) is 18.8 Å². The van der Waals surface area contributed by atoms with Crippen molar-refractivity contribution >= 4 is 32.0 Å². The molecule has 0 unspecified atom stereocenters. The average Bonchev–Trinajstić information content (AvgIpc) is 2.82. The van der Waals surface area contributed by atoms with Gasteiger partial charge in [0.15, 0.2) is 5.00 Å². The van der Waals surface area contributed by atoms with Gasteiger partial charge in [-0.15, -0.1) is 0 Å². The Bertz CT molecular complexity index is 621. The van der Waals surface area contributed by atoms with Crippen molar-refractivity contribution in [3.63, 3.8) is 0 Å². The van der Waals surface area contributed by atoms with Crippen LogP contribution in [-0.4, -0.2) is 30.7 Å². The summed E-state index contributed by atoms with van der Waals surface area (Å²) in [7, 11) is -3.68. The summed E-state index contributed by atoms with van der Waals surface area (Å²) in [5, 5.41) is 10.6. The molecule has 1 aromatic heterocycles. The molecule has 0 radical (unpaired) electrons. The lowest BCUT2D eigenvalue weighted by molar-refractivity contribution is -0.383. The molecule has 1 aliphatic heterocycles. The Labute approximate surface area is 115 Å². The highest BCUT2D eigenvalue weighted by molar-refractivity contribution is 7.91. The first-order chi connectivity index (χ1) is 8.63. The van der Waals surface area contributed by atoms with E-state index >= 15 is 0 Å². The first-order valence-corrected chi connectivity index (χ1v) is 7.93. The Balaban J connectivity index is 2.36. The van der Waals surface area contributed by atoms with E-state index in [1.54, 1.807) is 0 Å². The zero-order valence-corrected chi connectivity index (χ0v) is 12.3. The number of nitrogens with zero attached hydrogens (tertiary/aromatic N) is 2. The van der Waals surface area contributed by atoms with Crippen molar-refractivity contribution in [1.82, 2.24) is 4.31 Å². The Hall–Kier alpha value is -1.19. The molecule has 1 aromatic rings. The fraction of sp³-hybridized carbons (Fsp3) is 0.600. The number of nitro groups is 1. The van der Waals surface area contributed by atoms with Crippen LogP contribution in [0.4, 0.5) is 10.7 Å². The summed E-state index contributed by atoms with van der Waals surface area (Å²) in [5.74, 6) is 0. The summed E-state index contributed by atoms with van der Waals surface area (Å²) in [4.78, 5) is 10.0. The topological polar surface area (TPSA) is 107 Å². The van der Waals surface area contributed by atoms with Crippen LogP contribution in [-0.2, 0) is 10.0 Å². The van der Waals surface area contributed by atoms with Gasteiger partial charge < -0.3 is 5.73 Å². The van der Waals surface area contributed by atoms with Gasteiger partial charge in [0.25, 0.3) is 10.0 Å². The zero-order chi connectivity index (χ0) is 14.4. The average molecular weight is 305 g/mol. The normalized spacial score (nSPS) is 19.7. The quantitative estimate of drug-likeness (QED) is 0.675. The molecule has 7 nitrogen and oxygen atoms in total. The van der Waals surface area contributed by atoms with Crippen molar-refractivity contribution in [2.45, 2.75) is 24.5 Å². The molecule has 2 rings (SSSR count). The van der Waals surface area contributed by atoms with Crippen LogP contribution in [0.2, 0.25) is 0 Å². The minimum Gasteiger partial charge on any atom is -0.385 e. The van der Waals surface area contributed by atoms with Gasteiger partial charge in [-0.1, -0.05) is 25.2 Å². The first kappa shape index (κ1) is 14.2. The van der Waals surface area contributed by atoms with Gasteiger partial charge in [-0.25, -0.2) is 8.42 Å². The van der Waals surface area contributed by atoms with Gasteiger partial charge in [-0.05, 0) is 11.8 Å². The molecule has 19 heavy (non-hydrogen) atoms. The maximum absolute atomic E-state index is 12.4. The Kier molecular flexibility index (Phi) is 3.31. The van der Waals surface area contributed by atoms with Crippen LogP contribution >= 0.6 is 11.3 Å². The minimum atomic E-state index is -3.68. The predicted molar refractivity (Wildman–Crippen MR) is 72.5 cm³/mol. The number of rotatable bonds is 3. The van der Waals surface area contributed by atoms with Crippen LogP contribution < -0.4 is 5.73 Å². The first-order valence-electron chi connectivity index (χ1n) is 5.67. The van der Waals surface area contributed by atoms with E-state index < -0.39 is 14.9 Å². The molecule has 0 bridgehead atoms. The number of anilines is 1. The fourth-order valence-electron chi connectivity index (χ4n) is 2.04. The number of nitrogens with two attached hydrogens (primary N) is 1. The summed E-state index contributed by atoms with van der Waals surface area (Å²) in [6.07, 6.45) is 0.773. The van der Waals surface area contributed by atoms with Crippen LogP contribution in [0.25, 0.3) is 0 Å². The molecule has 0 spiro atoms. The molecular weight excluding hydrogens is 290 g/mol. The maximum atomic E-state index is 12.4. The number of sulfonamides is 1. The number of hydrogen-bond donors (Lipinski definition) is 1. The molecular formula is C10H15N3O4S2. The highest BCUT2D eigenvalue weighted by Gasteiger charge is 2.38. The van der Waals surface area contributed by atoms with E-state index in [2.05, 4.69) is 0 Å². The molecule has 0 aliphatic carbocycles. The van der Waals surface area contributed by atoms with Gasteiger partial charge in [0.05, 0.1) is 4.92 Å². The number of nitrogen functional groups attached to an aromatic ring is 1. The molecule has 106 valence electrons. The van der Waals surface area contributed by atoms with Gasteiger partial charge >= 0.3 is 5.69 Å². The molecule has 0 atom stereocenters. The van der Waals surface area contributed by atoms with E-state index in [1.165, 1.54) is 4.31 Å². The summed E-state index contributed by atoms with van der Waals surface area (Å²) >= 11 is 0.743. The highest BCUT2D eigenvalue weighted by atomic mass is 32.2. The fourth-order valence-corrected chi connectivity index (χ4v) is 5.04. The number of thiophene rings is 1. The van der Waals surface area contributed by atoms with E-state index in [0.29, 0.717) is 13.1 Å². The molecule has 0 amide bonds. The predicted octanol–water partition coefficient (Wildman–Crippen LogP) is 1.66. The lowest BCUT2D eigenvalue weighted by atomic mass is 9.93. The standard InChI is InChI=1S/C10H15N3O4S2/c1-10(2)3-4-12(6-10)19(16,17)8-5-7(13(14)15)9(11)18-8/h5H,3-4,6,11H2,1-2H3. The van der Waals surface area contributed by atoms with Crippen molar-refractivity contribution in [3.8, 4) is 0 Å². The Morgan fingerprint density at radius 3 is 2.58 bits per heavy atom. The van der Waals surface area contributed by atoms with Crippen LogP contribution in [0.3, 0.4) is 0 Å².